The fourth-order valence-corrected chi connectivity index (χ4v) is 3.31. The van der Waals surface area contributed by atoms with E-state index in [9.17, 15) is 14.4 Å². The van der Waals surface area contributed by atoms with Crippen LogP contribution in [0.2, 0.25) is 5.02 Å². The van der Waals surface area contributed by atoms with Crippen molar-refractivity contribution in [1.82, 2.24) is 4.90 Å². The second kappa shape index (κ2) is 9.49. The SMILES string of the molecule is CCN(CC)C(=O)CN1C(=O)COc2ccc(NC(=O)Nc3cccc(Cl)c3)cc21. The van der Waals surface area contributed by atoms with Crippen molar-refractivity contribution in [2.45, 2.75) is 13.8 Å². The van der Waals surface area contributed by atoms with Gasteiger partial charge in [-0.2, -0.15) is 0 Å². The average Bonchev–Trinajstić information content (AvgIpc) is 2.71. The highest BCUT2D eigenvalue weighted by molar-refractivity contribution is 6.30. The Labute approximate surface area is 179 Å². The summed E-state index contributed by atoms with van der Waals surface area (Å²) in [6, 6.07) is 11.2. The number of nitrogens with zero attached hydrogens (tertiary/aromatic N) is 2. The van der Waals surface area contributed by atoms with Gasteiger partial charge in [-0.25, -0.2) is 4.79 Å². The fourth-order valence-electron chi connectivity index (χ4n) is 3.12. The summed E-state index contributed by atoms with van der Waals surface area (Å²) in [7, 11) is 0. The summed E-state index contributed by atoms with van der Waals surface area (Å²) < 4.78 is 5.47. The third-order valence-corrected chi connectivity index (χ3v) is 4.89. The van der Waals surface area contributed by atoms with Crippen LogP contribution in [0.5, 0.6) is 5.75 Å². The molecule has 30 heavy (non-hydrogen) atoms. The van der Waals surface area contributed by atoms with Gasteiger partial charge in [0.1, 0.15) is 12.3 Å². The van der Waals surface area contributed by atoms with Crippen LogP contribution < -0.4 is 20.3 Å². The van der Waals surface area contributed by atoms with Gasteiger partial charge in [-0.1, -0.05) is 17.7 Å². The molecule has 158 valence electrons. The van der Waals surface area contributed by atoms with E-state index in [0.717, 1.165) is 0 Å². The first-order chi connectivity index (χ1) is 14.4. The number of ether oxygens (including phenoxy) is 1. The third kappa shape index (κ3) is 5.01. The van der Waals surface area contributed by atoms with E-state index >= 15 is 0 Å². The molecule has 4 amide bonds. The van der Waals surface area contributed by atoms with Crippen molar-refractivity contribution in [3.63, 3.8) is 0 Å². The van der Waals surface area contributed by atoms with E-state index in [1.165, 1.54) is 4.90 Å². The van der Waals surface area contributed by atoms with Gasteiger partial charge in [-0.3, -0.25) is 14.5 Å². The topological polar surface area (TPSA) is 91.0 Å². The molecule has 0 aliphatic carbocycles. The molecule has 0 saturated carbocycles. The Hall–Kier alpha value is -3.26. The molecule has 0 fully saturated rings. The highest BCUT2D eigenvalue weighted by Gasteiger charge is 2.29. The molecule has 8 nitrogen and oxygen atoms in total. The summed E-state index contributed by atoms with van der Waals surface area (Å²) in [6.07, 6.45) is 0. The van der Waals surface area contributed by atoms with Gasteiger partial charge >= 0.3 is 6.03 Å². The minimum absolute atomic E-state index is 0.0883. The van der Waals surface area contributed by atoms with Crippen molar-refractivity contribution in [2.75, 3.05) is 41.8 Å². The Balaban J connectivity index is 1.76. The molecular weight excluding hydrogens is 408 g/mol. The Bertz CT molecular complexity index is 962. The van der Waals surface area contributed by atoms with E-state index in [1.54, 1.807) is 47.4 Å². The van der Waals surface area contributed by atoms with Crippen molar-refractivity contribution < 1.29 is 19.1 Å². The molecule has 0 bridgehead atoms. The average molecular weight is 431 g/mol. The van der Waals surface area contributed by atoms with Gasteiger partial charge in [0.05, 0.1) is 5.69 Å². The molecule has 2 aromatic rings. The molecule has 2 N–H and O–H groups in total. The maximum Gasteiger partial charge on any atom is 0.323 e. The number of likely N-dealkylation sites (N-methyl/N-ethyl adjacent to an activating group) is 1. The quantitative estimate of drug-likeness (QED) is 0.732. The predicted octanol–water partition coefficient (Wildman–Crippen LogP) is 3.58. The highest BCUT2D eigenvalue weighted by Crippen LogP contribution is 2.34. The standard InChI is InChI=1S/C21H23ClN4O4/c1-3-25(4-2)19(27)12-26-17-11-16(8-9-18(17)30-13-20(26)28)24-21(29)23-15-7-5-6-14(22)10-15/h5-11H,3-4,12-13H2,1-2H3,(H2,23,24,29). The van der Waals surface area contributed by atoms with Crippen LogP contribution in [0.3, 0.4) is 0 Å². The van der Waals surface area contributed by atoms with Crippen LogP contribution in [-0.2, 0) is 9.59 Å². The number of fused-ring (bicyclic) bond motifs is 1. The Morgan fingerprint density at radius 1 is 1.10 bits per heavy atom. The largest absolute Gasteiger partial charge is 0.482 e. The summed E-state index contributed by atoms with van der Waals surface area (Å²) in [5.74, 6) is 0.00421. The van der Waals surface area contributed by atoms with E-state index in [0.29, 0.717) is 40.9 Å². The van der Waals surface area contributed by atoms with Crippen molar-refractivity contribution in [3.8, 4) is 5.75 Å². The Morgan fingerprint density at radius 3 is 2.47 bits per heavy atom. The number of rotatable bonds is 6. The first-order valence-corrected chi connectivity index (χ1v) is 9.97. The molecule has 9 heteroatoms. The Kier molecular flexibility index (Phi) is 6.79. The van der Waals surface area contributed by atoms with E-state index in [1.807, 2.05) is 13.8 Å². The zero-order chi connectivity index (χ0) is 21.7. The minimum Gasteiger partial charge on any atom is -0.482 e. The predicted molar refractivity (Wildman–Crippen MR) is 116 cm³/mol. The van der Waals surface area contributed by atoms with Crippen LogP contribution in [0.4, 0.5) is 21.9 Å². The van der Waals surface area contributed by atoms with E-state index in [4.69, 9.17) is 16.3 Å². The van der Waals surface area contributed by atoms with Crippen LogP contribution in [0.1, 0.15) is 13.8 Å². The number of halogens is 1. The number of carbonyl (C=O) groups is 3. The van der Waals surface area contributed by atoms with Crippen molar-refractivity contribution in [2.24, 2.45) is 0 Å². The molecule has 0 aromatic heterocycles. The van der Waals surface area contributed by atoms with Gasteiger partial charge in [-0.05, 0) is 50.2 Å². The fraction of sp³-hybridized carbons (Fsp3) is 0.286. The highest BCUT2D eigenvalue weighted by atomic mass is 35.5. The first kappa shape index (κ1) is 21.4. The van der Waals surface area contributed by atoms with E-state index < -0.39 is 6.03 Å². The Morgan fingerprint density at radius 2 is 1.80 bits per heavy atom. The van der Waals surface area contributed by atoms with E-state index in [2.05, 4.69) is 10.6 Å². The number of carbonyl (C=O) groups excluding carboxylic acids is 3. The summed E-state index contributed by atoms with van der Waals surface area (Å²) in [4.78, 5) is 40.3. The monoisotopic (exact) mass is 430 g/mol. The molecule has 1 aliphatic heterocycles. The number of amides is 4. The molecule has 3 rings (SSSR count). The lowest BCUT2D eigenvalue weighted by Crippen LogP contribution is -2.46. The van der Waals surface area contributed by atoms with Crippen molar-refractivity contribution in [3.05, 3.63) is 47.5 Å². The van der Waals surface area contributed by atoms with Gasteiger partial charge in [-0.15, -0.1) is 0 Å². The maximum absolute atomic E-state index is 12.5. The molecule has 0 unspecified atom stereocenters. The number of anilines is 3. The first-order valence-electron chi connectivity index (χ1n) is 9.59. The van der Waals surface area contributed by atoms with Crippen LogP contribution in [-0.4, -0.2) is 49.0 Å². The molecular formula is C21H23ClN4O4. The molecule has 1 heterocycles. The lowest BCUT2D eigenvalue weighted by Gasteiger charge is -2.31. The maximum atomic E-state index is 12.5. The summed E-state index contributed by atoms with van der Waals surface area (Å²) in [5, 5.41) is 5.90. The molecule has 2 aromatic carbocycles. The van der Waals surface area contributed by atoms with Gasteiger partial charge in [0.2, 0.25) is 5.91 Å². The molecule has 0 atom stereocenters. The zero-order valence-electron chi connectivity index (χ0n) is 16.8. The number of hydrogen-bond donors (Lipinski definition) is 2. The van der Waals surface area contributed by atoms with E-state index in [-0.39, 0.29) is 25.0 Å². The minimum atomic E-state index is -0.467. The van der Waals surface area contributed by atoms with Gasteiger partial charge in [0.15, 0.2) is 6.61 Å². The number of urea groups is 1. The second-order valence-corrected chi connectivity index (χ2v) is 7.04. The zero-order valence-corrected chi connectivity index (χ0v) is 17.5. The normalized spacial score (nSPS) is 12.6. The van der Waals surface area contributed by atoms with Crippen LogP contribution in [0.25, 0.3) is 0 Å². The number of hydrogen-bond acceptors (Lipinski definition) is 4. The lowest BCUT2D eigenvalue weighted by atomic mass is 10.2. The summed E-state index contributed by atoms with van der Waals surface area (Å²) in [6.45, 7) is 4.67. The third-order valence-electron chi connectivity index (χ3n) is 4.65. The number of nitrogens with one attached hydrogen (secondary N) is 2. The van der Waals surface area contributed by atoms with Crippen LogP contribution in [0, 0.1) is 0 Å². The second-order valence-electron chi connectivity index (χ2n) is 6.61. The summed E-state index contributed by atoms with van der Waals surface area (Å²) >= 11 is 5.93. The molecule has 1 aliphatic rings. The van der Waals surface area contributed by atoms with Crippen LogP contribution in [0.15, 0.2) is 42.5 Å². The molecule has 0 radical (unpaired) electrons. The molecule has 0 saturated heterocycles. The van der Waals surface area contributed by atoms with Gasteiger partial charge in [0.25, 0.3) is 5.91 Å². The van der Waals surface area contributed by atoms with Crippen LogP contribution >= 0.6 is 11.6 Å². The lowest BCUT2D eigenvalue weighted by molar-refractivity contribution is -0.131. The molecule has 0 spiro atoms. The number of benzene rings is 2. The van der Waals surface area contributed by atoms with Crippen molar-refractivity contribution >= 4 is 46.5 Å². The summed E-state index contributed by atoms with van der Waals surface area (Å²) in [5.41, 5.74) is 1.43. The van der Waals surface area contributed by atoms with Gasteiger partial charge in [0, 0.05) is 29.5 Å². The van der Waals surface area contributed by atoms with Crippen molar-refractivity contribution in [1.29, 1.82) is 0 Å². The van der Waals surface area contributed by atoms with Gasteiger partial charge < -0.3 is 20.3 Å². The smallest absolute Gasteiger partial charge is 0.323 e.